The van der Waals surface area contributed by atoms with Crippen molar-refractivity contribution in [3.63, 3.8) is 0 Å². The van der Waals surface area contributed by atoms with Crippen LogP contribution in [0.2, 0.25) is 0 Å². The van der Waals surface area contributed by atoms with E-state index in [1.54, 1.807) is 21.3 Å². The second-order valence-electron chi connectivity index (χ2n) is 5.07. The predicted octanol–water partition coefficient (Wildman–Crippen LogP) is 3.46. The molecule has 1 atom stereocenters. The number of hydrogen-bond acceptors (Lipinski definition) is 5. The Morgan fingerprint density at radius 1 is 1.00 bits per heavy atom. The molecule has 1 aromatic carbocycles. The molecule has 0 aliphatic rings. The zero-order valence-electron chi connectivity index (χ0n) is 13.7. The Hall–Kier alpha value is -2.14. The van der Waals surface area contributed by atoms with Gasteiger partial charge in [-0.3, -0.25) is 0 Å². The van der Waals surface area contributed by atoms with Crippen molar-refractivity contribution in [1.29, 1.82) is 0 Å². The second-order valence-corrected chi connectivity index (χ2v) is 5.07. The van der Waals surface area contributed by atoms with E-state index in [2.05, 4.69) is 12.2 Å². The van der Waals surface area contributed by atoms with Gasteiger partial charge in [-0.1, -0.05) is 0 Å². The van der Waals surface area contributed by atoms with Crippen molar-refractivity contribution in [2.75, 3.05) is 21.3 Å². The molecule has 0 saturated carbocycles. The fourth-order valence-corrected chi connectivity index (χ4v) is 2.28. The summed E-state index contributed by atoms with van der Waals surface area (Å²) < 4.78 is 21.7. The molecule has 2 rings (SSSR count). The highest BCUT2D eigenvalue weighted by atomic mass is 16.5. The molecule has 0 spiro atoms. The number of ether oxygens (including phenoxy) is 3. The monoisotopic (exact) mass is 305 g/mol. The molecule has 22 heavy (non-hydrogen) atoms. The molecule has 0 saturated heterocycles. The topological polar surface area (TPSA) is 52.9 Å². The Balaban J connectivity index is 2.14. The Bertz CT molecular complexity index is 621. The van der Waals surface area contributed by atoms with Crippen molar-refractivity contribution in [2.45, 2.75) is 26.4 Å². The van der Waals surface area contributed by atoms with Gasteiger partial charge < -0.3 is 23.9 Å². The minimum Gasteiger partial charge on any atom is -0.496 e. The van der Waals surface area contributed by atoms with Crippen LogP contribution in [0.1, 0.15) is 30.0 Å². The van der Waals surface area contributed by atoms with Crippen LogP contribution in [0.3, 0.4) is 0 Å². The summed E-state index contributed by atoms with van der Waals surface area (Å²) in [7, 11) is 4.87. The van der Waals surface area contributed by atoms with Crippen molar-refractivity contribution in [1.82, 2.24) is 5.32 Å². The number of hydrogen-bond donors (Lipinski definition) is 1. The lowest BCUT2D eigenvalue weighted by Crippen LogP contribution is -2.18. The molecular weight excluding hydrogens is 282 g/mol. The van der Waals surface area contributed by atoms with Crippen LogP contribution in [-0.2, 0) is 6.54 Å². The van der Waals surface area contributed by atoms with Gasteiger partial charge in [0.1, 0.15) is 17.3 Å². The summed E-state index contributed by atoms with van der Waals surface area (Å²) in [5.41, 5.74) is 0.996. The minimum absolute atomic E-state index is 0.103. The van der Waals surface area contributed by atoms with E-state index in [0.29, 0.717) is 18.0 Å². The van der Waals surface area contributed by atoms with Gasteiger partial charge in [0, 0.05) is 18.2 Å². The average molecular weight is 305 g/mol. The van der Waals surface area contributed by atoms with Crippen LogP contribution in [-0.4, -0.2) is 21.3 Å². The minimum atomic E-state index is 0.103. The van der Waals surface area contributed by atoms with Gasteiger partial charge in [-0.25, -0.2) is 0 Å². The SMILES string of the molecule is COc1cc(OC)c(OC)cc1CN[C@@H](C)c1ccc(C)o1. The van der Waals surface area contributed by atoms with Gasteiger partial charge in [0.25, 0.3) is 0 Å². The molecule has 0 bridgehead atoms. The van der Waals surface area contributed by atoms with Crippen LogP contribution in [0.5, 0.6) is 17.2 Å². The predicted molar refractivity (Wildman–Crippen MR) is 84.8 cm³/mol. The average Bonchev–Trinajstić information content (AvgIpc) is 2.98. The van der Waals surface area contributed by atoms with Gasteiger partial charge >= 0.3 is 0 Å². The number of benzene rings is 1. The van der Waals surface area contributed by atoms with Crippen molar-refractivity contribution in [3.05, 3.63) is 41.3 Å². The first-order valence-electron chi connectivity index (χ1n) is 7.17. The van der Waals surface area contributed by atoms with E-state index >= 15 is 0 Å². The summed E-state index contributed by atoms with van der Waals surface area (Å²) in [5.74, 6) is 3.91. The largest absolute Gasteiger partial charge is 0.496 e. The lowest BCUT2D eigenvalue weighted by Gasteiger charge is -2.16. The number of methoxy groups -OCH3 is 3. The zero-order valence-corrected chi connectivity index (χ0v) is 13.7. The molecule has 2 aromatic rings. The molecule has 1 aromatic heterocycles. The quantitative estimate of drug-likeness (QED) is 0.849. The fourth-order valence-electron chi connectivity index (χ4n) is 2.28. The third kappa shape index (κ3) is 3.54. The molecule has 1 heterocycles. The van der Waals surface area contributed by atoms with Crippen molar-refractivity contribution >= 4 is 0 Å². The van der Waals surface area contributed by atoms with Crippen molar-refractivity contribution < 1.29 is 18.6 Å². The molecule has 120 valence electrons. The number of furan rings is 1. The smallest absolute Gasteiger partial charge is 0.164 e. The fraction of sp³-hybridized carbons (Fsp3) is 0.412. The molecule has 1 N–H and O–H groups in total. The third-order valence-corrected chi connectivity index (χ3v) is 3.57. The lowest BCUT2D eigenvalue weighted by molar-refractivity contribution is 0.346. The summed E-state index contributed by atoms with van der Waals surface area (Å²) in [6.07, 6.45) is 0. The Labute approximate surface area is 131 Å². The standard InChI is InChI=1S/C17H23NO4/c1-11-6-7-14(22-11)12(2)18-10-13-8-16(20-4)17(21-5)9-15(13)19-3/h6-9,12,18H,10H2,1-5H3/t12-/m0/s1. The summed E-state index contributed by atoms with van der Waals surface area (Å²) in [4.78, 5) is 0. The molecule has 0 fully saturated rings. The third-order valence-electron chi connectivity index (χ3n) is 3.57. The summed E-state index contributed by atoms with van der Waals surface area (Å²) >= 11 is 0. The Kier molecular flexibility index (Phi) is 5.33. The maximum Gasteiger partial charge on any atom is 0.164 e. The number of rotatable bonds is 7. The lowest BCUT2D eigenvalue weighted by atomic mass is 10.1. The van der Waals surface area contributed by atoms with Gasteiger partial charge in [0.2, 0.25) is 0 Å². The molecule has 5 heteroatoms. The highest BCUT2D eigenvalue weighted by Gasteiger charge is 2.14. The Morgan fingerprint density at radius 3 is 2.18 bits per heavy atom. The highest BCUT2D eigenvalue weighted by molar-refractivity contribution is 5.50. The van der Waals surface area contributed by atoms with Crippen molar-refractivity contribution in [3.8, 4) is 17.2 Å². The van der Waals surface area contributed by atoms with Gasteiger partial charge in [-0.2, -0.15) is 0 Å². The highest BCUT2D eigenvalue weighted by Crippen LogP contribution is 2.34. The number of nitrogens with one attached hydrogen (secondary N) is 1. The van der Waals surface area contributed by atoms with Crippen LogP contribution in [0.25, 0.3) is 0 Å². The second kappa shape index (κ2) is 7.22. The van der Waals surface area contributed by atoms with E-state index in [9.17, 15) is 0 Å². The van der Waals surface area contributed by atoms with Gasteiger partial charge in [-0.15, -0.1) is 0 Å². The number of aryl methyl sites for hydroxylation is 1. The summed E-state index contributed by atoms with van der Waals surface area (Å²) in [5, 5.41) is 3.42. The van der Waals surface area contributed by atoms with Gasteiger partial charge in [-0.05, 0) is 32.0 Å². The molecular formula is C17H23NO4. The first-order chi connectivity index (χ1) is 10.6. The first-order valence-corrected chi connectivity index (χ1v) is 7.17. The van der Waals surface area contributed by atoms with Crippen LogP contribution in [0, 0.1) is 6.92 Å². The van der Waals surface area contributed by atoms with Crippen LogP contribution < -0.4 is 19.5 Å². The molecule has 0 unspecified atom stereocenters. The van der Waals surface area contributed by atoms with E-state index in [1.807, 2.05) is 31.2 Å². The van der Waals surface area contributed by atoms with E-state index < -0.39 is 0 Å². The van der Waals surface area contributed by atoms with E-state index in [4.69, 9.17) is 18.6 Å². The van der Waals surface area contributed by atoms with Gasteiger partial charge in [0.15, 0.2) is 11.5 Å². The van der Waals surface area contributed by atoms with Crippen LogP contribution >= 0.6 is 0 Å². The maximum absolute atomic E-state index is 5.63. The van der Waals surface area contributed by atoms with Crippen LogP contribution in [0.15, 0.2) is 28.7 Å². The van der Waals surface area contributed by atoms with E-state index in [-0.39, 0.29) is 6.04 Å². The van der Waals surface area contributed by atoms with E-state index in [0.717, 1.165) is 22.8 Å². The normalized spacial score (nSPS) is 12.0. The Morgan fingerprint density at radius 2 is 1.64 bits per heavy atom. The molecule has 5 nitrogen and oxygen atoms in total. The zero-order chi connectivity index (χ0) is 16.1. The molecule has 0 radical (unpaired) electrons. The summed E-state index contributed by atoms with van der Waals surface area (Å²) in [6, 6.07) is 7.80. The molecule has 0 aliphatic carbocycles. The molecule has 0 amide bonds. The van der Waals surface area contributed by atoms with E-state index in [1.165, 1.54) is 0 Å². The van der Waals surface area contributed by atoms with Crippen LogP contribution in [0.4, 0.5) is 0 Å². The van der Waals surface area contributed by atoms with Crippen molar-refractivity contribution in [2.24, 2.45) is 0 Å². The van der Waals surface area contributed by atoms with Gasteiger partial charge in [0.05, 0.1) is 27.4 Å². The first kappa shape index (κ1) is 16.2. The molecule has 0 aliphatic heterocycles. The maximum atomic E-state index is 5.63. The summed E-state index contributed by atoms with van der Waals surface area (Å²) in [6.45, 7) is 4.63.